The van der Waals surface area contributed by atoms with Crippen molar-refractivity contribution in [3.63, 3.8) is 0 Å². The normalized spacial score (nSPS) is 19.9. The first-order valence-corrected chi connectivity index (χ1v) is 9.74. The monoisotopic (exact) mass is 402 g/mol. The van der Waals surface area contributed by atoms with Gasteiger partial charge in [0.1, 0.15) is 23.5 Å². The van der Waals surface area contributed by atoms with Crippen LogP contribution in [0.2, 0.25) is 0 Å². The predicted octanol–water partition coefficient (Wildman–Crippen LogP) is 3.64. The fraction of sp³-hybridized carbons (Fsp3) is 0.409. The summed E-state index contributed by atoms with van der Waals surface area (Å²) in [4.78, 5) is 13.6. The van der Waals surface area contributed by atoms with E-state index in [1.165, 1.54) is 24.3 Å². The summed E-state index contributed by atoms with van der Waals surface area (Å²) in [6.45, 7) is 1.80. The number of piperidine rings is 1. The van der Waals surface area contributed by atoms with Gasteiger partial charge < -0.3 is 14.8 Å². The fourth-order valence-electron chi connectivity index (χ4n) is 4.38. The molecule has 2 aliphatic heterocycles. The van der Waals surface area contributed by atoms with Crippen LogP contribution in [0, 0.1) is 11.6 Å². The molecule has 4 rings (SSSR count). The number of nitrogens with one attached hydrogen (secondary N) is 1. The van der Waals surface area contributed by atoms with Gasteiger partial charge in [-0.25, -0.2) is 13.6 Å². The van der Waals surface area contributed by atoms with Gasteiger partial charge in [-0.15, -0.1) is 0 Å². The summed E-state index contributed by atoms with van der Waals surface area (Å²) in [6.07, 6.45) is 0.551. The van der Waals surface area contributed by atoms with Crippen LogP contribution in [-0.2, 0) is 9.47 Å². The molecule has 0 aliphatic carbocycles. The number of nitrogens with zero attached hydrogens (tertiary/aromatic N) is 1. The zero-order valence-corrected chi connectivity index (χ0v) is 16.2. The van der Waals surface area contributed by atoms with Gasteiger partial charge in [0.05, 0.1) is 6.54 Å². The molecular formula is C22H24F2N2O3. The minimum Gasteiger partial charge on any atom is -0.441 e. The Morgan fingerprint density at radius 3 is 2.10 bits per heavy atom. The number of halogens is 2. The second-order valence-corrected chi connectivity index (χ2v) is 7.68. The van der Waals surface area contributed by atoms with Crippen LogP contribution in [-0.4, -0.2) is 49.6 Å². The number of amides is 1. The van der Waals surface area contributed by atoms with E-state index in [0.29, 0.717) is 32.5 Å². The molecule has 1 atom stereocenters. The van der Waals surface area contributed by atoms with Crippen LogP contribution in [0.15, 0.2) is 48.5 Å². The van der Waals surface area contributed by atoms with E-state index in [9.17, 15) is 13.6 Å². The lowest BCUT2D eigenvalue weighted by Crippen LogP contribution is -2.52. The van der Waals surface area contributed by atoms with E-state index >= 15 is 0 Å². The van der Waals surface area contributed by atoms with Gasteiger partial charge in [-0.2, -0.15) is 0 Å². The molecule has 154 valence electrons. The lowest BCUT2D eigenvalue weighted by Gasteiger charge is -2.43. The summed E-state index contributed by atoms with van der Waals surface area (Å²) in [5, 5.41) is 2.73. The fourth-order valence-corrected chi connectivity index (χ4v) is 4.38. The molecule has 0 aromatic heterocycles. The Balaban J connectivity index is 1.63. The van der Waals surface area contributed by atoms with Crippen LogP contribution >= 0.6 is 0 Å². The van der Waals surface area contributed by atoms with Crippen LogP contribution in [0.4, 0.5) is 13.6 Å². The lowest BCUT2D eigenvalue weighted by atomic mass is 9.86. The van der Waals surface area contributed by atoms with Crippen molar-refractivity contribution in [3.8, 4) is 0 Å². The maximum Gasteiger partial charge on any atom is 0.407 e. The predicted molar refractivity (Wildman–Crippen MR) is 103 cm³/mol. The van der Waals surface area contributed by atoms with Crippen LogP contribution < -0.4 is 5.32 Å². The zero-order valence-electron chi connectivity index (χ0n) is 16.2. The molecule has 2 aromatic rings. The van der Waals surface area contributed by atoms with Gasteiger partial charge in [0.15, 0.2) is 0 Å². The molecule has 2 aromatic carbocycles. The number of benzene rings is 2. The summed E-state index contributed by atoms with van der Waals surface area (Å²) in [6, 6.07) is 12.7. The van der Waals surface area contributed by atoms with E-state index in [1.807, 2.05) is 12.1 Å². The maximum absolute atomic E-state index is 14.0. The first kappa shape index (κ1) is 19.8. The molecule has 2 saturated heterocycles. The molecule has 1 unspecified atom stereocenters. The van der Waals surface area contributed by atoms with E-state index in [4.69, 9.17) is 9.47 Å². The third-order valence-corrected chi connectivity index (χ3v) is 5.88. The molecule has 0 saturated carbocycles. The van der Waals surface area contributed by atoms with Crippen molar-refractivity contribution in [2.45, 2.75) is 30.6 Å². The molecule has 0 bridgehead atoms. The molecule has 2 aliphatic rings. The minimum atomic E-state index is -0.473. The average Bonchev–Trinajstić information content (AvgIpc) is 3.07. The molecule has 1 amide bonds. The van der Waals surface area contributed by atoms with Gasteiger partial charge in [-0.3, -0.25) is 4.90 Å². The van der Waals surface area contributed by atoms with Crippen LogP contribution in [0.25, 0.3) is 0 Å². The third-order valence-electron chi connectivity index (χ3n) is 5.88. The molecule has 5 nitrogen and oxygen atoms in total. The number of carbonyl (C=O) groups excluding carboxylic acids is 1. The molecule has 1 spiro atoms. The van der Waals surface area contributed by atoms with Gasteiger partial charge in [-0.05, 0) is 35.4 Å². The van der Waals surface area contributed by atoms with E-state index in [0.717, 1.165) is 11.1 Å². The van der Waals surface area contributed by atoms with E-state index in [2.05, 4.69) is 10.2 Å². The minimum absolute atomic E-state index is 0.347. The third kappa shape index (κ3) is 4.11. The number of methoxy groups -OCH3 is 1. The van der Waals surface area contributed by atoms with Gasteiger partial charge in [0.25, 0.3) is 0 Å². The number of ether oxygens (including phenoxy) is 2. The smallest absolute Gasteiger partial charge is 0.407 e. The quantitative estimate of drug-likeness (QED) is 0.830. The topological polar surface area (TPSA) is 50.8 Å². The molecule has 2 fully saturated rings. The second-order valence-electron chi connectivity index (χ2n) is 7.68. The van der Waals surface area contributed by atoms with E-state index in [1.54, 1.807) is 19.2 Å². The van der Waals surface area contributed by atoms with Crippen LogP contribution in [0.1, 0.15) is 29.9 Å². The van der Waals surface area contributed by atoms with Crippen molar-refractivity contribution in [1.29, 1.82) is 0 Å². The number of carbonyl (C=O) groups is 1. The average molecular weight is 402 g/mol. The standard InChI is InChI=1S/C22H24F2N2O3/c1-28-20(26-10-8-22(9-11-26)14-25-21(27)29-22)19(15-4-2-6-17(23)12-15)16-5-3-7-18(24)13-16/h2-7,12-13,19-20H,8-11,14H2,1H3,(H,25,27). The summed E-state index contributed by atoms with van der Waals surface area (Å²) in [7, 11) is 1.61. The molecular weight excluding hydrogens is 378 g/mol. The maximum atomic E-state index is 14.0. The van der Waals surface area contributed by atoms with E-state index < -0.39 is 11.8 Å². The van der Waals surface area contributed by atoms with Gasteiger partial charge in [0, 0.05) is 39.0 Å². The summed E-state index contributed by atoms with van der Waals surface area (Å²) < 4.78 is 39.3. The van der Waals surface area contributed by atoms with Crippen molar-refractivity contribution < 1.29 is 23.0 Å². The second kappa shape index (κ2) is 8.08. The van der Waals surface area contributed by atoms with Crippen molar-refractivity contribution in [1.82, 2.24) is 10.2 Å². The van der Waals surface area contributed by atoms with Gasteiger partial charge in [-0.1, -0.05) is 24.3 Å². The summed E-state index contributed by atoms with van der Waals surface area (Å²) in [5.41, 5.74) is 0.965. The molecule has 29 heavy (non-hydrogen) atoms. The first-order valence-electron chi connectivity index (χ1n) is 9.74. The van der Waals surface area contributed by atoms with Crippen molar-refractivity contribution in [3.05, 3.63) is 71.3 Å². The Morgan fingerprint density at radius 2 is 1.66 bits per heavy atom. The largest absolute Gasteiger partial charge is 0.441 e. The first-order chi connectivity index (χ1) is 14.0. The Kier molecular flexibility index (Phi) is 5.52. The highest BCUT2D eigenvalue weighted by Gasteiger charge is 2.45. The van der Waals surface area contributed by atoms with Gasteiger partial charge in [0.2, 0.25) is 0 Å². The van der Waals surface area contributed by atoms with Crippen molar-refractivity contribution in [2.75, 3.05) is 26.7 Å². The Hall–Kier alpha value is -2.51. The van der Waals surface area contributed by atoms with Crippen LogP contribution in [0.5, 0.6) is 0 Å². The Labute approximate surface area is 168 Å². The number of hydrogen-bond donors (Lipinski definition) is 1. The molecule has 2 heterocycles. The van der Waals surface area contributed by atoms with Crippen LogP contribution in [0.3, 0.4) is 0 Å². The van der Waals surface area contributed by atoms with Crippen molar-refractivity contribution >= 4 is 6.09 Å². The molecule has 1 N–H and O–H groups in total. The summed E-state index contributed by atoms with van der Waals surface area (Å²) in [5.74, 6) is -1.06. The SMILES string of the molecule is COC(C(c1cccc(F)c1)c1cccc(F)c1)N1CCC2(CC1)CNC(=O)O2. The van der Waals surface area contributed by atoms with Gasteiger partial charge >= 0.3 is 6.09 Å². The Morgan fingerprint density at radius 1 is 1.07 bits per heavy atom. The summed E-state index contributed by atoms with van der Waals surface area (Å²) >= 11 is 0. The number of likely N-dealkylation sites (tertiary alicyclic amines) is 1. The highest BCUT2D eigenvalue weighted by molar-refractivity contribution is 5.70. The zero-order chi connectivity index (χ0) is 20.4. The number of rotatable bonds is 5. The lowest BCUT2D eigenvalue weighted by molar-refractivity contribution is -0.0847. The number of alkyl carbamates (subject to hydrolysis) is 1. The molecule has 0 radical (unpaired) electrons. The highest BCUT2D eigenvalue weighted by Crippen LogP contribution is 2.36. The van der Waals surface area contributed by atoms with E-state index in [-0.39, 0.29) is 23.6 Å². The Bertz CT molecular complexity index is 838. The number of hydrogen-bond acceptors (Lipinski definition) is 4. The molecule has 7 heteroatoms. The van der Waals surface area contributed by atoms with Crippen molar-refractivity contribution in [2.24, 2.45) is 0 Å². The highest BCUT2D eigenvalue weighted by atomic mass is 19.1.